The smallest absolute Gasteiger partial charge is 0.497 e. The van der Waals surface area contributed by atoms with Crippen LogP contribution in [0, 0.1) is 0 Å². The number of halogens is 3. The fraction of sp³-hybridized carbons (Fsp3) is 0.265. The van der Waals surface area contributed by atoms with Crippen molar-refractivity contribution in [2.24, 2.45) is 0 Å². The molecule has 1 aromatic heterocycles. The Labute approximate surface area is 280 Å². The Kier molecular flexibility index (Phi) is 9.64. The van der Waals surface area contributed by atoms with E-state index < -0.39 is 29.6 Å². The predicted octanol–water partition coefficient (Wildman–Crippen LogP) is 7.25. The number of nitrogens with zero attached hydrogens (tertiary/aromatic N) is 3. The van der Waals surface area contributed by atoms with Gasteiger partial charge in [-0.15, -0.1) is 13.2 Å². The molecule has 12 nitrogen and oxygen atoms in total. The summed E-state index contributed by atoms with van der Waals surface area (Å²) in [4.78, 5) is 34.4. The number of rotatable bonds is 12. The van der Waals surface area contributed by atoms with Crippen molar-refractivity contribution in [1.82, 2.24) is 9.88 Å². The van der Waals surface area contributed by atoms with E-state index in [1.54, 1.807) is 76.6 Å². The maximum Gasteiger partial charge on any atom is 0.573 e. The van der Waals surface area contributed by atoms with E-state index >= 15 is 0 Å². The zero-order valence-corrected chi connectivity index (χ0v) is 27.5. The van der Waals surface area contributed by atoms with Crippen LogP contribution < -0.4 is 39.2 Å². The summed E-state index contributed by atoms with van der Waals surface area (Å²) in [6.45, 7) is 3.16. The lowest BCUT2D eigenvalue weighted by molar-refractivity contribution is -0.274. The number of nitrogens with one attached hydrogen (secondary N) is 2. The largest absolute Gasteiger partial charge is 0.573 e. The fourth-order valence-electron chi connectivity index (χ4n) is 5.19. The molecule has 0 radical (unpaired) electrons. The van der Waals surface area contributed by atoms with Gasteiger partial charge in [0.2, 0.25) is 0 Å². The Morgan fingerprint density at radius 3 is 1.65 bits per heavy atom. The summed E-state index contributed by atoms with van der Waals surface area (Å²) in [5.41, 5.74) is 0.527. The summed E-state index contributed by atoms with van der Waals surface area (Å²) in [6.07, 6.45) is -4.89. The zero-order valence-electron chi connectivity index (χ0n) is 27.5. The van der Waals surface area contributed by atoms with Gasteiger partial charge in [0, 0.05) is 18.7 Å². The minimum absolute atomic E-state index is 0.0330. The second kappa shape index (κ2) is 13.7. The Morgan fingerprint density at radius 2 is 1.20 bits per heavy atom. The lowest BCUT2D eigenvalue weighted by atomic mass is 10.0. The van der Waals surface area contributed by atoms with Crippen molar-refractivity contribution in [2.75, 3.05) is 44.0 Å². The Balaban J connectivity index is 1.50. The average molecular weight is 682 g/mol. The summed E-state index contributed by atoms with van der Waals surface area (Å²) in [5.74, 6) is 1.87. The molecule has 0 atom stereocenters. The van der Waals surface area contributed by atoms with E-state index in [1.165, 1.54) is 31.3 Å². The van der Waals surface area contributed by atoms with Gasteiger partial charge in [0.25, 0.3) is 5.91 Å². The molecule has 258 valence electrons. The number of hydrogen-bond acceptors (Lipinski definition) is 10. The number of urea groups is 1. The molecule has 3 amide bonds. The van der Waals surface area contributed by atoms with Gasteiger partial charge in [-0.2, -0.15) is 0 Å². The Bertz CT molecular complexity index is 1780. The quantitative estimate of drug-likeness (QED) is 0.148. The molecule has 0 saturated carbocycles. The van der Waals surface area contributed by atoms with Crippen LogP contribution in [0.25, 0.3) is 0 Å². The van der Waals surface area contributed by atoms with E-state index in [0.717, 1.165) is 17.0 Å². The Hall–Kier alpha value is -5.86. The first-order chi connectivity index (χ1) is 23.3. The molecule has 1 aliphatic heterocycles. The highest BCUT2D eigenvalue weighted by Crippen LogP contribution is 2.37. The molecule has 0 unspecified atom stereocenters. The summed E-state index contributed by atoms with van der Waals surface area (Å²) >= 11 is 0. The number of ether oxygens (including phenoxy) is 5. The highest BCUT2D eigenvalue weighted by atomic mass is 19.4. The number of hydrogen-bond donors (Lipinski definition) is 2. The van der Waals surface area contributed by atoms with Crippen molar-refractivity contribution in [1.29, 1.82) is 0 Å². The van der Waals surface area contributed by atoms with E-state index in [-0.39, 0.29) is 12.2 Å². The molecule has 3 aromatic carbocycles. The number of alkyl halides is 3. The molecule has 1 saturated heterocycles. The van der Waals surface area contributed by atoms with Crippen molar-refractivity contribution in [3.63, 3.8) is 0 Å². The van der Waals surface area contributed by atoms with Crippen molar-refractivity contribution < 1.29 is 46.4 Å². The van der Waals surface area contributed by atoms with Crippen LogP contribution in [-0.4, -0.2) is 62.2 Å². The van der Waals surface area contributed by atoms with E-state index in [0.29, 0.717) is 51.6 Å². The number of imide groups is 1. The molecule has 5 rings (SSSR count). The van der Waals surface area contributed by atoms with Crippen LogP contribution in [0.15, 0.2) is 72.8 Å². The fourth-order valence-corrected chi connectivity index (χ4v) is 5.19. The van der Waals surface area contributed by atoms with E-state index in [4.69, 9.17) is 23.9 Å². The maximum atomic E-state index is 13.8. The number of aromatic nitrogens is 1. The topological polar surface area (TPSA) is 124 Å². The SMILES string of the molecule is COc1ccc(Nc2cc(CN3C(=O)N(c4ccc(OC(F)(F)F)cc4)C(=O)C3(C)C)cc(Nc3ccc(OC)cc3OC)n2)c(OC)c1. The molecule has 1 aliphatic rings. The third-order valence-electron chi connectivity index (χ3n) is 7.72. The monoisotopic (exact) mass is 681 g/mol. The van der Waals surface area contributed by atoms with Crippen molar-refractivity contribution >= 4 is 40.6 Å². The van der Waals surface area contributed by atoms with Gasteiger partial charge in [0.1, 0.15) is 45.9 Å². The van der Waals surface area contributed by atoms with E-state index in [1.807, 2.05) is 0 Å². The lowest BCUT2D eigenvalue weighted by Crippen LogP contribution is -2.43. The van der Waals surface area contributed by atoms with Gasteiger partial charge in [0.05, 0.1) is 45.5 Å². The highest BCUT2D eigenvalue weighted by molar-refractivity contribution is 6.22. The number of methoxy groups -OCH3 is 4. The number of carbonyl (C=O) groups excluding carboxylic acids is 2. The highest BCUT2D eigenvalue weighted by Gasteiger charge is 2.51. The maximum absolute atomic E-state index is 13.8. The molecule has 1 fully saturated rings. The number of anilines is 5. The van der Waals surface area contributed by atoms with Gasteiger partial charge >= 0.3 is 12.4 Å². The van der Waals surface area contributed by atoms with Crippen LogP contribution in [-0.2, 0) is 11.3 Å². The number of amides is 3. The van der Waals surface area contributed by atoms with Gasteiger partial charge < -0.3 is 39.2 Å². The van der Waals surface area contributed by atoms with Gasteiger partial charge in [-0.1, -0.05) is 0 Å². The Morgan fingerprint density at radius 1 is 0.714 bits per heavy atom. The third kappa shape index (κ3) is 7.50. The molecule has 0 spiro atoms. The third-order valence-corrected chi connectivity index (χ3v) is 7.72. The zero-order chi connectivity index (χ0) is 35.5. The molecule has 2 N–H and O–H groups in total. The van der Waals surface area contributed by atoms with E-state index in [9.17, 15) is 22.8 Å². The number of carbonyl (C=O) groups is 2. The lowest BCUT2D eigenvalue weighted by Gasteiger charge is -2.28. The van der Waals surface area contributed by atoms with Crippen molar-refractivity contribution in [2.45, 2.75) is 32.3 Å². The van der Waals surface area contributed by atoms with Gasteiger partial charge in [-0.25, -0.2) is 14.7 Å². The number of benzene rings is 3. The molecular weight excluding hydrogens is 647 g/mol. The van der Waals surface area contributed by atoms with Crippen LogP contribution in [0.3, 0.4) is 0 Å². The van der Waals surface area contributed by atoms with Crippen molar-refractivity contribution in [3.05, 3.63) is 78.4 Å². The second-order valence-corrected chi connectivity index (χ2v) is 11.2. The minimum Gasteiger partial charge on any atom is -0.497 e. The summed E-state index contributed by atoms with van der Waals surface area (Å²) in [7, 11) is 6.13. The van der Waals surface area contributed by atoms with Crippen LogP contribution in [0.4, 0.5) is 46.7 Å². The summed E-state index contributed by atoms with van der Waals surface area (Å²) in [6, 6.07) is 17.8. The van der Waals surface area contributed by atoms with Crippen LogP contribution >= 0.6 is 0 Å². The molecule has 4 aromatic rings. The van der Waals surface area contributed by atoms with Gasteiger partial charge in [-0.05, 0) is 80.1 Å². The molecular formula is C34H34F3N5O7. The summed E-state index contributed by atoms with van der Waals surface area (Å²) < 4.78 is 63.7. The molecule has 0 aliphatic carbocycles. The molecule has 15 heteroatoms. The van der Waals surface area contributed by atoms with Crippen LogP contribution in [0.1, 0.15) is 19.4 Å². The normalized spacial score (nSPS) is 14.1. The first kappa shape index (κ1) is 34.5. The second-order valence-electron chi connectivity index (χ2n) is 11.2. The molecule has 49 heavy (non-hydrogen) atoms. The van der Waals surface area contributed by atoms with Gasteiger partial charge in [0.15, 0.2) is 0 Å². The minimum atomic E-state index is -4.89. The molecule has 2 heterocycles. The first-order valence-electron chi connectivity index (χ1n) is 14.8. The van der Waals surface area contributed by atoms with Crippen LogP contribution in [0.2, 0.25) is 0 Å². The number of pyridine rings is 1. The average Bonchev–Trinajstić information content (AvgIpc) is 3.23. The predicted molar refractivity (Wildman–Crippen MR) is 176 cm³/mol. The summed E-state index contributed by atoms with van der Waals surface area (Å²) in [5, 5.41) is 6.51. The first-order valence-corrected chi connectivity index (χ1v) is 14.8. The molecule has 0 bridgehead atoms. The van der Waals surface area contributed by atoms with Gasteiger partial charge in [-0.3, -0.25) is 4.79 Å². The van der Waals surface area contributed by atoms with E-state index in [2.05, 4.69) is 15.4 Å². The van der Waals surface area contributed by atoms with Crippen LogP contribution in [0.5, 0.6) is 28.7 Å². The van der Waals surface area contributed by atoms with Crippen molar-refractivity contribution in [3.8, 4) is 28.7 Å². The standard InChI is InChI=1S/C34H34F3N5O7/c1-33(2)31(43)42(21-7-9-22(10-8-21)49-34(35,36)37)32(44)41(33)19-20-15-29(38-25-13-11-23(45-3)17-27(25)47-5)40-30(16-20)39-26-14-12-24(46-4)18-28(26)48-6/h7-18H,19H2,1-6H3,(H2,38,39,40).